The molecular formula is C29H34N4O7S. The van der Waals surface area contributed by atoms with Crippen LogP contribution in [0.1, 0.15) is 44.1 Å². The van der Waals surface area contributed by atoms with Crippen LogP contribution in [-0.4, -0.2) is 61.4 Å². The molecule has 0 saturated carbocycles. The van der Waals surface area contributed by atoms with Crippen molar-refractivity contribution in [1.29, 1.82) is 0 Å². The molecule has 0 radical (unpaired) electrons. The number of aromatic nitrogens is 2. The number of methoxy groups -OCH3 is 1. The first-order valence-corrected chi connectivity index (χ1v) is 15.5. The number of carbonyl (C=O) groups excluding carboxylic acids is 1. The Morgan fingerprint density at radius 1 is 1.22 bits per heavy atom. The molecule has 12 heteroatoms. The van der Waals surface area contributed by atoms with Crippen LogP contribution >= 0.6 is 0 Å². The number of aryl methyl sites for hydroxylation is 1. The van der Waals surface area contributed by atoms with Crippen molar-refractivity contribution in [1.82, 2.24) is 19.6 Å². The zero-order chi connectivity index (χ0) is 28.8. The van der Waals surface area contributed by atoms with E-state index in [0.717, 1.165) is 35.7 Å². The van der Waals surface area contributed by atoms with Gasteiger partial charge in [0.15, 0.2) is 6.26 Å². The van der Waals surface area contributed by atoms with E-state index in [1.807, 2.05) is 18.2 Å². The number of rotatable bonds is 12. The lowest BCUT2D eigenvalue weighted by Gasteiger charge is -2.22. The van der Waals surface area contributed by atoms with Crippen LogP contribution in [0.25, 0.3) is 11.0 Å². The molecule has 4 heterocycles. The molecule has 1 amide bonds. The fourth-order valence-corrected chi connectivity index (χ4v) is 5.92. The molecule has 218 valence electrons. The lowest BCUT2D eigenvalue weighted by molar-refractivity contribution is 0.114. The fraction of sp³-hybridized carbons (Fsp3) is 0.414. The minimum atomic E-state index is -3.46. The number of carbonyl (C=O) groups is 1. The molecule has 0 aromatic carbocycles. The molecule has 3 aliphatic rings. The number of ether oxygens (including phenoxy) is 4. The third kappa shape index (κ3) is 7.65. The van der Waals surface area contributed by atoms with Crippen molar-refractivity contribution in [3.63, 3.8) is 0 Å². The minimum absolute atomic E-state index is 0.275. The van der Waals surface area contributed by atoms with E-state index in [0.29, 0.717) is 43.7 Å². The SMILES string of the molecule is COc1ccc2nccc(CCC(CCC3CN(C4=COC=C(CC5=CC=CCC5)O4)C(=O)O3)NS(C)(=O)=O)c2n1. The van der Waals surface area contributed by atoms with Crippen molar-refractivity contribution in [3.05, 3.63) is 77.9 Å². The van der Waals surface area contributed by atoms with Gasteiger partial charge in [-0.2, -0.15) is 0 Å². The van der Waals surface area contributed by atoms with Gasteiger partial charge in [0.2, 0.25) is 21.8 Å². The second-order valence-electron chi connectivity index (χ2n) is 10.3. The van der Waals surface area contributed by atoms with E-state index in [4.69, 9.17) is 18.9 Å². The molecule has 0 spiro atoms. The summed E-state index contributed by atoms with van der Waals surface area (Å²) in [4.78, 5) is 23.0. The number of cyclic esters (lactones) is 1. The maximum Gasteiger partial charge on any atom is 0.417 e. The fourth-order valence-electron chi connectivity index (χ4n) is 5.08. The molecule has 2 atom stereocenters. The summed E-state index contributed by atoms with van der Waals surface area (Å²) in [5.74, 6) is 1.38. The molecule has 2 unspecified atom stereocenters. The van der Waals surface area contributed by atoms with E-state index >= 15 is 0 Å². The van der Waals surface area contributed by atoms with Crippen molar-refractivity contribution >= 4 is 27.1 Å². The number of pyridine rings is 2. The minimum Gasteiger partial charge on any atom is -0.481 e. The molecule has 11 nitrogen and oxygen atoms in total. The molecule has 1 saturated heterocycles. The van der Waals surface area contributed by atoms with Gasteiger partial charge in [0.1, 0.15) is 18.1 Å². The summed E-state index contributed by atoms with van der Waals surface area (Å²) in [7, 11) is -1.91. The number of nitrogens with one attached hydrogen (secondary N) is 1. The van der Waals surface area contributed by atoms with Crippen LogP contribution in [0.5, 0.6) is 5.88 Å². The van der Waals surface area contributed by atoms with Gasteiger partial charge < -0.3 is 18.9 Å². The molecule has 1 aliphatic carbocycles. The van der Waals surface area contributed by atoms with Crippen LogP contribution < -0.4 is 9.46 Å². The Kier molecular flexibility index (Phi) is 8.89. The predicted molar refractivity (Wildman–Crippen MR) is 152 cm³/mol. The maximum atomic E-state index is 12.7. The molecule has 1 fully saturated rings. The molecule has 41 heavy (non-hydrogen) atoms. The van der Waals surface area contributed by atoms with E-state index in [9.17, 15) is 13.2 Å². The first-order valence-electron chi connectivity index (χ1n) is 13.6. The molecule has 1 N–H and O–H groups in total. The zero-order valence-corrected chi connectivity index (χ0v) is 23.9. The summed E-state index contributed by atoms with van der Waals surface area (Å²) in [6.07, 6.45) is 15.6. The standard InChI is InChI=1S/C29H34N4O7S/c1-37-26-13-12-25-28(31-26)21(14-15-30-25)8-9-22(32-41(2,35)36)10-11-23-17-33(29(34)40-23)27-19-38-18-24(39-27)16-20-6-4-3-5-7-20/h3-4,6,12-15,18-19,22-23,32H,5,7-11,16-17H2,1-2H3. The van der Waals surface area contributed by atoms with Crippen LogP contribution in [0.2, 0.25) is 0 Å². The van der Waals surface area contributed by atoms with Gasteiger partial charge in [-0.25, -0.2) is 27.8 Å². The van der Waals surface area contributed by atoms with Gasteiger partial charge in [-0.1, -0.05) is 23.8 Å². The normalized spacial score (nSPS) is 19.6. The third-order valence-electron chi connectivity index (χ3n) is 7.08. The summed E-state index contributed by atoms with van der Waals surface area (Å²) in [6.45, 7) is 0.275. The smallest absolute Gasteiger partial charge is 0.417 e. The Labute approximate surface area is 239 Å². The second kappa shape index (κ2) is 12.7. The number of amides is 1. The summed E-state index contributed by atoms with van der Waals surface area (Å²) in [5, 5.41) is 0. The molecule has 2 aromatic heterocycles. The van der Waals surface area contributed by atoms with Crippen molar-refractivity contribution in [2.24, 2.45) is 0 Å². The van der Waals surface area contributed by atoms with Crippen molar-refractivity contribution in [3.8, 4) is 5.88 Å². The van der Waals surface area contributed by atoms with E-state index in [-0.39, 0.29) is 18.5 Å². The van der Waals surface area contributed by atoms with E-state index in [2.05, 4.69) is 26.8 Å². The lowest BCUT2D eigenvalue weighted by atomic mass is 10.0. The van der Waals surface area contributed by atoms with Gasteiger partial charge in [0.05, 0.1) is 30.9 Å². The molecular weight excluding hydrogens is 548 g/mol. The monoisotopic (exact) mass is 582 g/mol. The summed E-state index contributed by atoms with van der Waals surface area (Å²) >= 11 is 0. The summed E-state index contributed by atoms with van der Waals surface area (Å²) in [6, 6.07) is 5.11. The highest BCUT2D eigenvalue weighted by atomic mass is 32.2. The number of hydrogen-bond acceptors (Lipinski definition) is 9. The van der Waals surface area contributed by atoms with Gasteiger partial charge in [-0.15, -0.1) is 0 Å². The van der Waals surface area contributed by atoms with Gasteiger partial charge in [-0.3, -0.25) is 4.98 Å². The Balaban J connectivity index is 1.18. The number of fused-ring (bicyclic) bond motifs is 1. The van der Waals surface area contributed by atoms with Crippen molar-refractivity contribution in [2.75, 3.05) is 19.9 Å². The van der Waals surface area contributed by atoms with Crippen LogP contribution in [0.4, 0.5) is 4.79 Å². The van der Waals surface area contributed by atoms with Crippen LogP contribution in [0.15, 0.2) is 72.4 Å². The zero-order valence-electron chi connectivity index (χ0n) is 23.1. The highest BCUT2D eigenvalue weighted by Gasteiger charge is 2.36. The highest BCUT2D eigenvalue weighted by Crippen LogP contribution is 2.29. The molecule has 0 bridgehead atoms. The Hall–Kier alpha value is -3.90. The average molecular weight is 583 g/mol. The lowest BCUT2D eigenvalue weighted by Crippen LogP contribution is -2.35. The quantitative estimate of drug-likeness (QED) is 0.386. The summed E-state index contributed by atoms with van der Waals surface area (Å²) < 4.78 is 49.3. The molecule has 5 rings (SSSR count). The highest BCUT2D eigenvalue weighted by molar-refractivity contribution is 7.88. The number of hydrogen-bond donors (Lipinski definition) is 1. The molecule has 2 aromatic rings. The topological polar surface area (TPSA) is 129 Å². The predicted octanol–water partition coefficient (Wildman–Crippen LogP) is 4.44. The summed E-state index contributed by atoms with van der Waals surface area (Å²) in [5.41, 5.74) is 3.63. The first-order chi connectivity index (χ1) is 19.8. The van der Waals surface area contributed by atoms with Gasteiger partial charge in [-0.05, 0) is 56.2 Å². The van der Waals surface area contributed by atoms with Crippen LogP contribution in [0.3, 0.4) is 0 Å². The number of sulfonamides is 1. The van der Waals surface area contributed by atoms with Crippen molar-refractivity contribution in [2.45, 2.75) is 57.1 Å². The first kappa shape index (κ1) is 28.6. The van der Waals surface area contributed by atoms with Gasteiger partial charge in [0, 0.05) is 24.7 Å². The largest absolute Gasteiger partial charge is 0.481 e. The van der Waals surface area contributed by atoms with Crippen LogP contribution in [-0.2, 0) is 30.7 Å². The van der Waals surface area contributed by atoms with E-state index in [1.54, 1.807) is 25.6 Å². The van der Waals surface area contributed by atoms with Crippen molar-refractivity contribution < 1.29 is 32.2 Å². The Morgan fingerprint density at radius 2 is 2.10 bits per heavy atom. The van der Waals surface area contributed by atoms with E-state index < -0.39 is 22.2 Å². The van der Waals surface area contributed by atoms with Gasteiger partial charge >= 0.3 is 6.09 Å². The van der Waals surface area contributed by atoms with E-state index in [1.165, 1.54) is 16.7 Å². The number of allylic oxidation sites excluding steroid dienone is 4. The maximum absolute atomic E-state index is 12.7. The second-order valence-corrected chi connectivity index (χ2v) is 12.0. The Bertz CT molecular complexity index is 1520. The third-order valence-corrected chi connectivity index (χ3v) is 7.84. The van der Waals surface area contributed by atoms with Crippen LogP contribution in [0, 0.1) is 0 Å². The Morgan fingerprint density at radius 3 is 2.88 bits per heavy atom. The molecule has 2 aliphatic heterocycles. The van der Waals surface area contributed by atoms with Gasteiger partial charge in [0.25, 0.3) is 0 Å². The number of nitrogens with zero attached hydrogens (tertiary/aromatic N) is 3. The average Bonchev–Trinajstić information content (AvgIpc) is 3.34.